The molecule has 0 saturated heterocycles. The lowest BCUT2D eigenvalue weighted by atomic mass is 10.1. The van der Waals surface area contributed by atoms with Gasteiger partial charge in [0.15, 0.2) is 0 Å². The van der Waals surface area contributed by atoms with Crippen LogP contribution in [0.15, 0.2) is 5.10 Å². The molecule has 1 atom stereocenters. The standard InChI is InChI=1S/C13H16N4O4S/c1-6-10(13(20)21)22-12(15-6)7(2)14-11(19)8-4-5-9(18)17(3)16-8/h7H,4-5H2,1-3H3,(H,14,19)(H,20,21). The van der Waals surface area contributed by atoms with Gasteiger partial charge in [-0.25, -0.2) is 14.8 Å². The minimum atomic E-state index is -1.03. The Kier molecular flexibility index (Phi) is 4.55. The average molecular weight is 324 g/mol. The van der Waals surface area contributed by atoms with Gasteiger partial charge in [0, 0.05) is 19.9 Å². The van der Waals surface area contributed by atoms with E-state index >= 15 is 0 Å². The number of amides is 2. The maximum Gasteiger partial charge on any atom is 0.347 e. The van der Waals surface area contributed by atoms with Crippen LogP contribution in [0.3, 0.4) is 0 Å². The predicted octanol–water partition coefficient (Wildman–Crippen LogP) is 0.935. The van der Waals surface area contributed by atoms with Crippen LogP contribution in [-0.2, 0) is 9.59 Å². The van der Waals surface area contributed by atoms with Crippen molar-refractivity contribution in [1.29, 1.82) is 0 Å². The van der Waals surface area contributed by atoms with Crippen LogP contribution < -0.4 is 5.32 Å². The van der Waals surface area contributed by atoms with Gasteiger partial charge < -0.3 is 10.4 Å². The van der Waals surface area contributed by atoms with E-state index in [2.05, 4.69) is 15.4 Å². The van der Waals surface area contributed by atoms with Crippen LogP contribution in [0.1, 0.15) is 46.2 Å². The zero-order chi connectivity index (χ0) is 16.4. The highest BCUT2D eigenvalue weighted by atomic mass is 32.1. The normalized spacial score (nSPS) is 16.2. The van der Waals surface area contributed by atoms with Crippen LogP contribution in [0.25, 0.3) is 0 Å². The first kappa shape index (κ1) is 16.1. The van der Waals surface area contributed by atoms with E-state index < -0.39 is 12.0 Å². The maximum absolute atomic E-state index is 12.1. The van der Waals surface area contributed by atoms with Gasteiger partial charge >= 0.3 is 5.97 Å². The lowest BCUT2D eigenvalue weighted by molar-refractivity contribution is -0.130. The van der Waals surface area contributed by atoms with Gasteiger partial charge in [0.25, 0.3) is 5.91 Å². The number of aromatic nitrogens is 1. The second-order valence-electron chi connectivity index (χ2n) is 4.93. The smallest absolute Gasteiger partial charge is 0.347 e. The molecule has 2 heterocycles. The number of carbonyl (C=O) groups excluding carboxylic acids is 2. The lowest BCUT2D eigenvalue weighted by Crippen LogP contribution is -2.38. The lowest BCUT2D eigenvalue weighted by Gasteiger charge is -2.20. The molecular weight excluding hydrogens is 308 g/mol. The van der Waals surface area contributed by atoms with Crippen LogP contribution in [-0.4, -0.2) is 45.6 Å². The van der Waals surface area contributed by atoms with Crippen LogP contribution >= 0.6 is 11.3 Å². The molecule has 8 nitrogen and oxygen atoms in total. The van der Waals surface area contributed by atoms with E-state index in [-0.39, 0.29) is 28.8 Å². The zero-order valence-corrected chi connectivity index (χ0v) is 13.2. The van der Waals surface area contributed by atoms with Gasteiger partial charge in [-0.05, 0) is 13.8 Å². The quantitative estimate of drug-likeness (QED) is 0.856. The minimum Gasteiger partial charge on any atom is -0.477 e. The monoisotopic (exact) mass is 324 g/mol. The van der Waals surface area contributed by atoms with Gasteiger partial charge in [-0.1, -0.05) is 0 Å². The number of aryl methyl sites for hydroxylation is 1. The molecule has 9 heteroatoms. The molecule has 1 aromatic heterocycles. The van der Waals surface area contributed by atoms with Crippen molar-refractivity contribution in [1.82, 2.24) is 15.3 Å². The highest BCUT2D eigenvalue weighted by Crippen LogP contribution is 2.23. The number of nitrogens with one attached hydrogen (secondary N) is 1. The van der Waals surface area contributed by atoms with Gasteiger partial charge in [-0.3, -0.25) is 9.59 Å². The molecule has 0 bridgehead atoms. The van der Waals surface area contributed by atoms with Crippen molar-refractivity contribution in [3.05, 3.63) is 15.6 Å². The molecular formula is C13H16N4O4S. The summed E-state index contributed by atoms with van der Waals surface area (Å²) >= 11 is 1.04. The summed E-state index contributed by atoms with van der Waals surface area (Å²) in [7, 11) is 1.50. The summed E-state index contributed by atoms with van der Waals surface area (Å²) in [5, 5.41) is 17.4. The Morgan fingerprint density at radius 1 is 1.41 bits per heavy atom. The molecule has 1 aliphatic rings. The largest absolute Gasteiger partial charge is 0.477 e. The minimum absolute atomic E-state index is 0.133. The molecule has 0 radical (unpaired) electrons. The number of hydrazone groups is 1. The topological polar surface area (TPSA) is 112 Å². The van der Waals surface area contributed by atoms with Crippen molar-refractivity contribution < 1.29 is 19.5 Å². The van der Waals surface area contributed by atoms with Crippen LogP contribution in [0.2, 0.25) is 0 Å². The fourth-order valence-corrected chi connectivity index (χ4v) is 2.88. The van der Waals surface area contributed by atoms with Gasteiger partial charge in [0.1, 0.15) is 15.6 Å². The van der Waals surface area contributed by atoms with Crippen molar-refractivity contribution >= 4 is 34.8 Å². The number of carboxylic acid groups (broad SMARTS) is 1. The fraction of sp³-hybridized carbons (Fsp3) is 0.462. The van der Waals surface area contributed by atoms with Crippen LogP contribution in [0, 0.1) is 6.92 Å². The number of rotatable bonds is 4. The Hall–Kier alpha value is -2.29. The summed E-state index contributed by atoms with van der Waals surface area (Å²) in [6, 6.07) is -0.435. The molecule has 118 valence electrons. The van der Waals surface area contributed by atoms with Crippen LogP contribution in [0.5, 0.6) is 0 Å². The summed E-state index contributed by atoms with van der Waals surface area (Å²) in [4.78, 5) is 38.8. The van der Waals surface area contributed by atoms with E-state index in [1.165, 1.54) is 7.05 Å². The van der Waals surface area contributed by atoms with Gasteiger partial charge in [-0.2, -0.15) is 5.10 Å². The highest BCUT2D eigenvalue weighted by molar-refractivity contribution is 7.13. The maximum atomic E-state index is 12.1. The van der Waals surface area contributed by atoms with Crippen molar-refractivity contribution in [3.8, 4) is 0 Å². The molecule has 1 aromatic rings. The number of hydrogen-bond acceptors (Lipinski definition) is 6. The highest BCUT2D eigenvalue weighted by Gasteiger charge is 2.24. The summed E-state index contributed by atoms with van der Waals surface area (Å²) in [6.45, 7) is 3.34. The van der Waals surface area contributed by atoms with E-state index in [0.29, 0.717) is 17.1 Å². The van der Waals surface area contributed by atoms with E-state index in [4.69, 9.17) is 5.11 Å². The molecule has 0 spiro atoms. The van der Waals surface area contributed by atoms with E-state index in [0.717, 1.165) is 16.3 Å². The Morgan fingerprint density at radius 3 is 2.64 bits per heavy atom. The first-order valence-electron chi connectivity index (χ1n) is 6.65. The number of nitrogens with zero attached hydrogens (tertiary/aromatic N) is 3. The second-order valence-corrected chi connectivity index (χ2v) is 5.96. The molecule has 2 amide bonds. The summed E-state index contributed by atoms with van der Waals surface area (Å²) in [5.41, 5.74) is 0.703. The third-order valence-corrected chi connectivity index (χ3v) is 4.52. The third kappa shape index (κ3) is 3.30. The molecule has 2 rings (SSSR count). The third-order valence-electron chi connectivity index (χ3n) is 3.19. The zero-order valence-electron chi connectivity index (χ0n) is 12.4. The van der Waals surface area contributed by atoms with Crippen LogP contribution in [0.4, 0.5) is 0 Å². The molecule has 0 aliphatic carbocycles. The number of aromatic carboxylic acids is 1. The summed E-state index contributed by atoms with van der Waals surface area (Å²) in [6.07, 6.45) is 0.537. The molecule has 0 fully saturated rings. The SMILES string of the molecule is Cc1nc(C(C)NC(=O)C2=NN(C)C(=O)CC2)sc1C(=O)O. The molecule has 1 aliphatic heterocycles. The van der Waals surface area contributed by atoms with Crippen molar-refractivity contribution in [2.75, 3.05) is 7.05 Å². The molecule has 22 heavy (non-hydrogen) atoms. The summed E-state index contributed by atoms with van der Waals surface area (Å²) in [5.74, 6) is -1.54. The van der Waals surface area contributed by atoms with Gasteiger partial charge in [0.05, 0.1) is 11.7 Å². The van der Waals surface area contributed by atoms with Gasteiger partial charge in [-0.15, -0.1) is 11.3 Å². The summed E-state index contributed by atoms with van der Waals surface area (Å²) < 4.78 is 0. The van der Waals surface area contributed by atoms with E-state index in [1.54, 1.807) is 13.8 Å². The number of carbonyl (C=O) groups is 3. The first-order chi connectivity index (χ1) is 10.3. The fourth-order valence-electron chi connectivity index (χ4n) is 1.98. The van der Waals surface area contributed by atoms with Crippen molar-refractivity contribution in [3.63, 3.8) is 0 Å². The van der Waals surface area contributed by atoms with Crippen molar-refractivity contribution in [2.24, 2.45) is 5.10 Å². The number of hydrogen-bond donors (Lipinski definition) is 2. The Balaban J connectivity index is 2.09. The Morgan fingerprint density at radius 2 is 2.09 bits per heavy atom. The molecule has 0 saturated carbocycles. The van der Waals surface area contributed by atoms with Crippen molar-refractivity contribution in [2.45, 2.75) is 32.7 Å². The number of thiazole rings is 1. The van der Waals surface area contributed by atoms with E-state index in [1.807, 2.05) is 0 Å². The number of carboxylic acids is 1. The first-order valence-corrected chi connectivity index (χ1v) is 7.46. The second kappa shape index (κ2) is 6.22. The molecule has 2 N–H and O–H groups in total. The van der Waals surface area contributed by atoms with Gasteiger partial charge in [0.2, 0.25) is 5.91 Å². The Bertz CT molecular complexity index is 667. The average Bonchev–Trinajstić information content (AvgIpc) is 2.84. The molecule has 1 unspecified atom stereocenters. The van der Waals surface area contributed by atoms with E-state index in [9.17, 15) is 14.4 Å². The molecule has 0 aromatic carbocycles. The predicted molar refractivity (Wildman–Crippen MR) is 79.8 cm³/mol. The Labute approximate surface area is 130 Å².